The van der Waals surface area contributed by atoms with Gasteiger partial charge in [-0.1, -0.05) is 54.3 Å². The summed E-state index contributed by atoms with van der Waals surface area (Å²) in [5, 5.41) is 1.98. The van der Waals surface area contributed by atoms with Gasteiger partial charge < -0.3 is 4.74 Å². The van der Waals surface area contributed by atoms with Crippen molar-refractivity contribution in [1.29, 1.82) is 0 Å². The number of carbonyl (C=O) groups is 2. The summed E-state index contributed by atoms with van der Waals surface area (Å²) in [5.41, 5.74) is 1.77. The maximum atomic E-state index is 12.9. The number of nitrogens with zero attached hydrogens (tertiary/aromatic N) is 1. The molecule has 25 heavy (non-hydrogen) atoms. The molecule has 1 amide bonds. The molecule has 3 rings (SSSR count). The van der Waals surface area contributed by atoms with Crippen LogP contribution in [-0.2, 0) is 14.3 Å². The van der Waals surface area contributed by atoms with Crippen molar-refractivity contribution in [1.82, 2.24) is 4.90 Å². The molecule has 1 saturated heterocycles. The molecule has 4 nitrogen and oxygen atoms in total. The molecule has 7 heteroatoms. The SMILES string of the molecule is COC(=O)C(c1ccccc1)N1C(=O)/C(=C\c2sccc2C)SC1=S. The number of carbonyl (C=O) groups excluding carboxylic acids is 2. The number of hydrogen-bond donors (Lipinski definition) is 0. The fraction of sp³-hybridized carbons (Fsp3) is 0.167. The first-order valence-corrected chi connectivity index (χ1v) is 9.57. The zero-order valence-corrected chi connectivity index (χ0v) is 16.0. The highest BCUT2D eigenvalue weighted by Gasteiger charge is 2.41. The molecule has 1 aromatic heterocycles. The summed E-state index contributed by atoms with van der Waals surface area (Å²) in [7, 11) is 1.31. The minimum Gasteiger partial charge on any atom is -0.467 e. The van der Waals surface area contributed by atoms with E-state index < -0.39 is 12.0 Å². The van der Waals surface area contributed by atoms with Crippen molar-refractivity contribution in [2.45, 2.75) is 13.0 Å². The Morgan fingerprint density at radius 3 is 2.60 bits per heavy atom. The first-order valence-electron chi connectivity index (χ1n) is 7.47. The van der Waals surface area contributed by atoms with E-state index in [2.05, 4.69) is 0 Å². The topological polar surface area (TPSA) is 46.6 Å². The van der Waals surface area contributed by atoms with Crippen molar-refractivity contribution in [3.63, 3.8) is 0 Å². The summed E-state index contributed by atoms with van der Waals surface area (Å²) < 4.78 is 5.27. The smallest absolute Gasteiger partial charge is 0.333 e. The van der Waals surface area contributed by atoms with Crippen molar-refractivity contribution in [3.8, 4) is 0 Å². The van der Waals surface area contributed by atoms with E-state index in [1.807, 2.05) is 42.6 Å². The Hall–Kier alpha value is -1.96. The molecule has 1 aliphatic rings. The minimum atomic E-state index is -0.881. The Morgan fingerprint density at radius 2 is 2.00 bits per heavy atom. The molecular formula is C18H15NO3S3. The quantitative estimate of drug-likeness (QED) is 0.446. The number of esters is 1. The number of rotatable bonds is 4. The zero-order valence-electron chi connectivity index (χ0n) is 13.6. The largest absolute Gasteiger partial charge is 0.467 e. The van der Waals surface area contributed by atoms with Crippen LogP contribution >= 0.6 is 35.3 Å². The Balaban J connectivity index is 1.99. The minimum absolute atomic E-state index is 0.276. The molecule has 2 aromatic rings. The third-order valence-electron chi connectivity index (χ3n) is 3.79. The number of thioether (sulfide) groups is 1. The molecule has 1 fully saturated rings. The van der Waals surface area contributed by atoms with Gasteiger partial charge >= 0.3 is 5.97 Å². The molecule has 128 valence electrons. The third kappa shape index (κ3) is 3.53. The lowest BCUT2D eigenvalue weighted by Crippen LogP contribution is -2.37. The van der Waals surface area contributed by atoms with Gasteiger partial charge in [0, 0.05) is 4.88 Å². The highest BCUT2D eigenvalue weighted by atomic mass is 32.2. The summed E-state index contributed by atoms with van der Waals surface area (Å²) in [6.07, 6.45) is 1.83. The molecular weight excluding hydrogens is 374 g/mol. The summed E-state index contributed by atoms with van der Waals surface area (Å²) in [6.45, 7) is 1.99. The molecule has 1 aromatic carbocycles. The van der Waals surface area contributed by atoms with Crippen molar-refractivity contribution in [3.05, 3.63) is 62.7 Å². The van der Waals surface area contributed by atoms with Crippen LogP contribution in [0, 0.1) is 6.92 Å². The molecule has 0 N–H and O–H groups in total. The fourth-order valence-corrected chi connectivity index (χ4v) is 4.72. The zero-order chi connectivity index (χ0) is 18.0. The predicted octanol–water partition coefficient (Wildman–Crippen LogP) is 4.17. The average Bonchev–Trinajstić information content (AvgIpc) is 3.14. The lowest BCUT2D eigenvalue weighted by atomic mass is 10.1. The number of hydrogen-bond acceptors (Lipinski definition) is 6. The molecule has 1 unspecified atom stereocenters. The van der Waals surface area contributed by atoms with Gasteiger partial charge in [0.15, 0.2) is 6.04 Å². The van der Waals surface area contributed by atoms with Gasteiger partial charge in [0.1, 0.15) is 4.32 Å². The summed E-state index contributed by atoms with van der Waals surface area (Å²) in [4.78, 5) is 28.2. The second kappa shape index (κ2) is 7.51. The van der Waals surface area contributed by atoms with Crippen LogP contribution in [0.4, 0.5) is 0 Å². The average molecular weight is 390 g/mol. The normalized spacial score (nSPS) is 17.2. The fourth-order valence-electron chi connectivity index (χ4n) is 2.49. The van der Waals surface area contributed by atoms with Crippen LogP contribution < -0.4 is 0 Å². The van der Waals surface area contributed by atoms with E-state index in [1.54, 1.807) is 23.5 Å². The molecule has 0 radical (unpaired) electrons. The lowest BCUT2D eigenvalue weighted by molar-refractivity contribution is -0.148. The number of benzene rings is 1. The first-order chi connectivity index (χ1) is 12.0. The van der Waals surface area contributed by atoms with Gasteiger partial charge in [0.2, 0.25) is 0 Å². The van der Waals surface area contributed by atoms with E-state index in [9.17, 15) is 9.59 Å². The Labute approximate surface area is 159 Å². The summed E-state index contributed by atoms with van der Waals surface area (Å²) >= 11 is 8.16. The Kier molecular flexibility index (Phi) is 5.36. The van der Waals surface area contributed by atoms with E-state index in [-0.39, 0.29) is 5.91 Å². The van der Waals surface area contributed by atoms with Gasteiger partial charge in [-0.3, -0.25) is 9.69 Å². The van der Waals surface area contributed by atoms with Gasteiger partial charge in [-0.15, -0.1) is 11.3 Å². The number of aryl methyl sites for hydroxylation is 1. The Bertz CT molecular complexity index is 857. The van der Waals surface area contributed by atoms with E-state index in [0.29, 0.717) is 14.8 Å². The van der Waals surface area contributed by atoms with Crippen LogP contribution in [0.3, 0.4) is 0 Å². The van der Waals surface area contributed by atoms with Crippen molar-refractivity contribution >= 4 is 57.6 Å². The second-order valence-electron chi connectivity index (χ2n) is 5.36. The molecule has 0 aliphatic carbocycles. The van der Waals surface area contributed by atoms with Crippen molar-refractivity contribution < 1.29 is 14.3 Å². The van der Waals surface area contributed by atoms with Crippen LogP contribution in [0.5, 0.6) is 0 Å². The van der Waals surface area contributed by atoms with Crippen LogP contribution in [0.25, 0.3) is 6.08 Å². The second-order valence-corrected chi connectivity index (χ2v) is 7.98. The monoisotopic (exact) mass is 389 g/mol. The molecule has 0 bridgehead atoms. The number of thiocarbonyl (C=S) groups is 1. The lowest BCUT2D eigenvalue weighted by Gasteiger charge is -2.24. The standard InChI is InChI=1S/C18H15NO3S3/c1-11-8-9-24-13(11)10-14-16(20)19(18(23)25-14)15(17(21)22-2)12-6-4-3-5-7-12/h3-10,15H,1-2H3/b14-10+. The molecule has 1 aliphatic heterocycles. The van der Waals surface area contributed by atoms with Gasteiger partial charge in [0.05, 0.1) is 12.0 Å². The number of ether oxygens (including phenoxy) is 1. The van der Waals surface area contributed by atoms with Crippen LogP contribution in [0.15, 0.2) is 46.7 Å². The maximum Gasteiger partial charge on any atom is 0.333 e. The van der Waals surface area contributed by atoms with E-state index in [1.165, 1.54) is 23.8 Å². The summed E-state index contributed by atoms with van der Waals surface area (Å²) in [5.74, 6) is -0.793. The van der Waals surface area contributed by atoms with Gasteiger partial charge in [-0.2, -0.15) is 0 Å². The van der Waals surface area contributed by atoms with Gasteiger partial charge in [-0.25, -0.2) is 4.79 Å². The highest BCUT2D eigenvalue weighted by molar-refractivity contribution is 8.26. The van der Waals surface area contributed by atoms with Crippen molar-refractivity contribution in [2.24, 2.45) is 0 Å². The van der Waals surface area contributed by atoms with Crippen LogP contribution in [-0.4, -0.2) is 28.2 Å². The first kappa shape index (κ1) is 17.8. The van der Waals surface area contributed by atoms with Crippen LogP contribution in [0.1, 0.15) is 22.0 Å². The van der Waals surface area contributed by atoms with Gasteiger partial charge in [-0.05, 0) is 35.6 Å². The predicted molar refractivity (Wildman–Crippen MR) is 105 cm³/mol. The number of methoxy groups -OCH3 is 1. The van der Waals surface area contributed by atoms with E-state index >= 15 is 0 Å². The molecule has 1 atom stereocenters. The van der Waals surface area contributed by atoms with Crippen molar-refractivity contribution in [2.75, 3.05) is 7.11 Å². The van der Waals surface area contributed by atoms with Gasteiger partial charge in [0.25, 0.3) is 5.91 Å². The van der Waals surface area contributed by atoms with E-state index in [4.69, 9.17) is 17.0 Å². The number of amides is 1. The third-order valence-corrected chi connectivity index (χ3v) is 6.08. The summed E-state index contributed by atoms with van der Waals surface area (Å²) in [6, 6.07) is 10.2. The number of thiophene rings is 1. The Morgan fingerprint density at radius 1 is 1.28 bits per heavy atom. The molecule has 2 heterocycles. The van der Waals surface area contributed by atoms with E-state index in [0.717, 1.165) is 10.4 Å². The molecule has 0 saturated carbocycles. The molecule has 0 spiro atoms. The highest BCUT2D eigenvalue weighted by Crippen LogP contribution is 2.39. The maximum absolute atomic E-state index is 12.9. The van der Waals surface area contributed by atoms with Crippen LogP contribution in [0.2, 0.25) is 0 Å².